The van der Waals surface area contributed by atoms with Crippen molar-refractivity contribution in [3.05, 3.63) is 70.2 Å². The van der Waals surface area contributed by atoms with Crippen molar-refractivity contribution in [3.63, 3.8) is 0 Å². The molecule has 2 heterocycles. The minimum absolute atomic E-state index is 0.767. The third-order valence-corrected chi connectivity index (χ3v) is 4.23. The van der Waals surface area contributed by atoms with Crippen molar-refractivity contribution in [2.24, 2.45) is 4.99 Å². The molecule has 0 radical (unpaired) electrons. The SMILES string of the molecule is Clc1ccc(C2=Cc3ccccc3C3=NCCCN23)cc1. The summed E-state index contributed by atoms with van der Waals surface area (Å²) in [7, 11) is 0. The normalized spacial score (nSPS) is 16.7. The first-order chi connectivity index (χ1) is 10.3. The third kappa shape index (κ3) is 2.16. The number of hydrogen-bond donors (Lipinski definition) is 0. The number of hydrogen-bond acceptors (Lipinski definition) is 2. The lowest BCUT2D eigenvalue weighted by atomic mass is 9.96. The summed E-state index contributed by atoms with van der Waals surface area (Å²) in [5, 5.41) is 0.767. The van der Waals surface area contributed by atoms with Gasteiger partial charge in [0, 0.05) is 23.7 Å². The van der Waals surface area contributed by atoms with Crippen LogP contribution in [0.15, 0.2) is 53.5 Å². The molecule has 2 nitrogen and oxygen atoms in total. The monoisotopic (exact) mass is 294 g/mol. The molecule has 0 aliphatic carbocycles. The number of aliphatic imine (C=N–C) groups is 1. The molecule has 104 valence electrons. The summed E-state index contributed by atoms with van der Waals surface area (Å²) in [4.78, 5) is 7.09. The van der Waals surface area contributed by atoms with Crippen molar-refractivity contribution in [3.8, 4) is 0 Å². The second-order valence-corrected chi connectivity index (χ2v) is 5.77. The fourth-order valence-corrected chi connectivity index (χ4v) is 3.11. The van der Waals surface area contributed by atoms with E-state index in [9.17, 15) is 0 Å². The zero-order chi connectivity index (χ0) is 14.2. The van der Waals surface area contributed by atoms with Crippen LogP contribution in [0.2, 0.25) is 5.02 Å². The van der Waals surface area contributed by atoms with E-state index in [1.807, 2.05) is 12.1 Å². The van der Waals surface area contributed by atoms with E-state index >= 15 is 0 Å². The van der Waals surface area contributed by atoms with Gasteiger partial charge in [0.1, 0.15) is 5.84 Å². The van der Waals surface area contributed by atoms with Crippen molar-refractivity contribution in [1.29, 1.82) is 0 Å². The highest BCUT2D eigenvalue weighted by atomic mass is 35.5. The maximum atomic E-state index is 6.01. The molecule has 21 heavy (non-hydrogen) atoms. The Kier molecular flexibility index (Phi) is 3.04. The van der Waals surface area contributed by atoms with Crippen molar-refractivity contribution < 1.29 is 0 Å². The number of benzene rings is 2. The lowest BCUT2D eigenvalue weighted by molar-refractivity contribution is 0.528. The zero-order valence-corrected chi connectivity index (χ0v) is 12.3. The lowest BCUT2D eigenvalue weighted by Crippen LogP contribution is -2.37. The van der Waals surface area contributed by atoms with Crippen LogP contribution in [0.3, 0.4) is 0 Å². The first-order valence-corrected chi connectivity index (χ1v) is 7.60. The van der Waals surface area contributed by atoms with Gasteiger partial charge in [-0.3, -0.25) is 4.99 Å². The van der Waals surface area contributed by atoms with Crippen LogP contribution in [0.4, 0.5) is 0 Å². The summed E-state index contributed by atoms with van der Waals surface area (Å²) in [6.45, 7) is 1.93. The van der Waals surface area contributed by atoms with Gasteiger partial charge < -0.3 is 4.90 Å². The number of rotatable bonds is 1. The van der Waals surface area contributed by atoms with E-state index in [2.05, 4.69) is 47.4 Å². The highest BCUT2D eigenvalue weighted by Gasteiger charge is 2.26. The molecule has 2 aromatic rings. The zero-order valence-electron chi connectivity index (χ0n) is 11.6. The van der Waals surface area contributed by atoms with E-state index in [0.29, 0.717) is 0 Å². The molecule has 0 saturated heterocycles. The molecule has 0 aromatic heterocycles. The quantitative estimate of drug-likeness (QED) is 0.765. The smallest absolute Gasteiger partial charge is 0.136 e. The van der Waals surface area contributed by atoms with E-state index < -0.39 is 0 Å². The second kappa shape index (κ2) is 5.05. The lowest BCUT2D eigenvalue weighted by Gasteiger charge is -2.35. The Bertz CT molecular complexity index is 744. The summed E-state index contributed by atoms with van der Waals surface area (Å²) < 4.78 is 0. The van der Waals surface area contributed by atoms with Crippen LogP contribution < -0.4 is 0 Å². The van der Waals surface area contributed by atoms with E-state index in [0.717, 1.165) is 30.4 Å². The molecule has 4 rings (SSSR count). The average Bonchev–Trinajstić information content (AvgIpc) is 2.55. The molecular weight excluding hydrogens is 280 g/mol. The number of amidine groups is 1. The van der Waals surface area contributed by atoms with E-state index in [1.165, 1.54) is 22.4 Å². The first-order valence-electron chi connectivity index (χ1n) is 7.22. The van der Waals surface area contributed by atoms with Gasteiger partial charge in [-0.15, -0.1) is 0 Å². The summed E-state index contributed by atoms with van der Waals surface area (Å²) in [5.74, 6) is 1.10. The van der Waals surface area contributed by atoms with Crippen LogP contribution in [0.1, 0.15) is 23.1 Å². The van der Waals surface area contributed by atoms with E-state index in [4.69, 9.17) is 16.6 Å². The Hall–Kier alpha value is -2.06. The van der Waals surface area contributed by atoms with Gasteiger partial charge in [0.15, 0.2) is 0 Å². The van der Waals surface area contributed by atoms with Crippen LogP contribution in [0.5, 0.6) is 0 Å². The summed E-state index contributed by atoms with van der Waals surface area (Å²) in [6, 6.07) is 16.5. The maximum absolute atomic E-state index is 6.01. The molecule has 2 aliphatic heterocycles. The van der Waals surface area contributed by atoms with Crippen LogP contribution in [-0.4, -0.2) is 23.8 Å². The van der Waals surface area contributed by atoms with Gasteiger partial charge in [0.25, 0.3) is 0 Å². The van der Waals surface area contributed by atoms with Gasteiger partial charge in [-0.2, -0.15) is 0 Å². The van der Waals surface area contributed by atoms with Gasteiger partial charge in [0.05, 0.1) is 5.70 Å². The van der Waals surface area contributed by atoms with Gasteiger partial charge >= 0.3 is 0 Å². The van der Waals surface area contributed by atoms with Crippen molar-refractivity contribution in [2.45, 2.75) is 6.42 Å². The van der Waals surface area contributed by atoms with Crippen LogP contribution in [0, 0.1) is 0 Å². The van der Waals surface area contributed by atoms with Crippen LogP contribution in [0.25, 0.3) is 11.8 Å². The molecule has 0 saturated carbocycles. The molecule has 0 fully saturated rings. The Morgan fingerprint density at radius 1 is 1.00 bits per heavy atom. The number of fused-ring (bicyclic) bond motifs is 3. The molecular formula is C18H15ClN2. The molecule has 0 bridgehead atoms. The summed E-state index contributed by atoms with van der Waals surface area (Å²) in [5.41, 5.74) is 4.86. The average molecular weight is 295 g/mol. The Morgan fingerprint density at radius 2 is 1.81 bits per heavy atom. The van der Waals surface area contributed by atoms with Crippen molar-refractivity contribution in [1.82, 2.24) is 4.90 Å². The highest BCUT2D eigenvalue weighted by molar-refractivity contribution is 6.30. The molecule has 0 amide bonds. The van der Waals surface area contributed by atoms with Gasteiger partial charge in [0.2, 0.25) is 0 Å². The minimum atomic E-state index is 0.767. The predicted molar refractivity (Wildman–Crippen MR) is 88.5 cm³/mol. The standard InChI is InChI=1S/C18H15ClN2/c19-15-8-6-13(7-9-15)17-12-14-4-1-2-5-16(14)18-20-10-3-11-21(17)18/h1-2,4-9,12H,3,10-11H2. The number of halogens is 1. The fourth-order valence-electron chi connectivity index (χ4n) is 2.98. The van der Waals surface area contributed by atoms with Crippen molar-refractivity contribution in [2.75, 3.05) is 13.1 Å². The number of nitrogens with zero attached hydrogens (tertiary/aromatic N) is 2. The Morgan fingerprint density at radius 3 is 2.67 bits per heavy atom. The summed E-state index contributed by atoms with van der Waals surface area (Å²) >= 11 is 6.01. The Labute approximate surface area is 129 Å². The second-order valence-electron chi connectivity index (χ2n) is 5.33. The maximum Gasteiger partial charge on any atom is 0.136 e. The minimum Gasteiger partial charge on any atom is -0.326 e. The molecule has 0 N–H and O–H groups in total. The van der Waals surface area contributed by atoms with Gasteiger partial charge in [-0.05, 0) is 35.8 Å². The Balaban J connectivity index is 1.90. The van der Waals surface area contributed by atoms with Crippen LogP contribution in [-0.2, 0) is 0 Å². The molecule has 3 heteroatoms. The van der Waals surface area contributed by atoms with E-state index in [1.54, 1.807) is 0 Å². The largest absolute Gasteiger partial charge is 0.326 e. The molecule has 2 aromatic carbocycles. The molecule has 2 aliphatic rings. The molecule has 0 spiro atoms. The molecule has 0 unspecified atom stereocenters. The van der Waals surface area contributed by atoms with Gasteiger partial charge in [-0.25, -0.2) is 0 Å². The first kappa shape index (κ1) is 12.7. The summed E-state index contributed by atoms with van der Waals surface area (Å²) in [6.07, 6.45) is 3.35. The van der Waals surface area contributed by atoms with Crippen LogP contribution >= 0.6 is 11.6 Å². The topological polar surface area (TPSA) is 15.6 Å². The predicted octanol–water partition coefficient (Wildman–Crippen LogP) is 4.30. The van der Waals surface area contributed by atoms with E-state index in [-0.39, 0.29) is 0 Å². The fraction of sp³-hybridized carbons (Fsp3) is 0.167. The third-order valence-electron chi connectivity index (χ3n) is 3.98. The molecule has 0 atom stereocenters. The van der Waals surface area contributed by atoms with Crippen molar-refractivity contribution >= 4 is 29.2 Å². The highest BCUT2D eigenvalue weighted by Crippen LogP contribution is 2.33. The van der Waals surface area contributed by atoms with Gasteiger partial charge in [-0.1, -0.05) is 48.0 Å².